The minimum absolute atomic E-state index is 0. The van der Waals surface area contributed by atoms with Gasteiger partial charge in [-0.15, -0.1) is 0 Å². The SMILES string of the molecule is O=C(O)[C@H](O)COP(=O)(O)O.[Na]. The number of carboxylic acid groups (broad SMARTS) is 1. The van der Waals surface area contributed by atoms with E-state index in [1.54, 1.807) is 0 Å². The Morgan fingerprint density at radius 1 is 1.50 bits per heavy atom. The molecule has 0 aliphatic rings. The minimum Gasteiger partial charge on any atom is -0.479 e. The molecule has 0 spiro atoms. The summed E-state index contributed by atoms with van der Waals surface area (Å²) in [6.45, 7) is -0.931. The molecule has 0 aromatic heterocycles. The van der Waals surface area contributed by atoms with Gasteiger partial charge in [0, 0.05) is 29.6 Å². The van der Waals surface area contributed by atoms with E-state index in [1.807, 2.05) is 0 Å². The monoisotopic (exact) mass is 209 g/mol. The fourth-order valence-corrected chi connectivity index (χ4v) is 0.574. The van der Waals surface area contributed by atoms with E-state index in [0.29, 0.717) is 0 Å². The molecule has 1 radical (unpaired) electrons. The molecule has 0 bridgehead atoms. The van der Waals surface area contributed by atoms with Crippen LogP contribution in [-0.4, -0.2) is 68.2 Å². The first kappa shape index (κ1) is 15.0. The summed E-state index contributed by atoms with van der Waals surface area (Å²) in [5, 5.41) is 16.4. The second kappa shape index (κ2) is 6.06. The first-order valence-electron chi connectivity index (χ1n) is 2.44. The van der Waals surface area contributed by atoms with E-state index in [4.69, 9.17) is 20.0 Å². The predicted molar refractivity (Wildman–Crippen MR) is 37.4 cm³/mol. The molecule has 9 heteroatoms. The van der Waals surface area contributed by atoms with Crippen LogP contribution in [0.2, 0.25) is 0 Å². The van der Waals surface area contributed by atoms with Gasteiger partial charge in [0.1, 0.15) is 0 Å². The number of carbonyl (C=O) groups is 1. The van der Waals surface area contributed by atoms with Crippen molar-refractivity contribution in [1.82, 2.24) is 0 Å². The van der Waals surface area contributed by atoms with Gasteiger partial charge in [0.25, 0.3) is 0 Å². The number of aliphatic hydroxyl groups is 1. The van der Waals surface area contributed by atoms with Crippen LogP contribution in [0.4, 0.5) is 0 Å². The number of phosphoric acid groups is 1. The Balaban J connectivity index is 0. The molecule has 0 aromatic carbocycles. The number of aliphatic hydroxyl groups excluding tert-OH is 1. The molecule has 0 aliphatic carbocycles. The molecule has 67 valence electrons. The summed E-state index contributed by atoms with van der Waals surface area (Å²) >= 11 is 0. The van der Waals surface area contributed by atoms with Crippen molar-refractivity contribution in [2.75, 3.05) is 6.61 Å². The number of rotatable bonds is 4. The fraction of sp³-hybridized carbons (Fsp3) is 0.667. The van der Waals surface area contributed by atoms with Gasteiger partial charge in [-0.1, -0.05) is 0 Å². The number of hydrogen-bond donors (Lipinski definition) is 4. The van der Waals surface area contributed by atoms with Gasteiger partial charge >= 0.3 is 13.8 Å². The van der Waals surface area contributed by atoms with Crippen molar-refractivity contribution in [3.63, 3.8) is 0 Å². The second-order valence-electron chi connectivity index (χ2n) is 1.64. The van der Waals surface area contributed by atoms with E-state index in [9.17, 15) is 9.36 Å². The van der Waals surface area contributed by atoms with Crippen molar-refractivity contribution < 1.29 is 33.9 Å². The van der Waals surface area contributed by atoms with Crippen LogP contribution in [0.5, 0.6) is 0 Å². The summed E-state index contributed by atoms with van der Waals surface area (Å²) in [5.41, 5.74) is 0. The van der Waals surface area contributed by atoms with Crippen molar-refractivity contribution in [3.8, 4) is 0 Å². The standard InChI is InChI=1S/C3H7O7P.Na/c4-2(3(5)6)1-10-11(7,8)9;/h2,4H,1H2,(H,5,6)(H2,7,8,9);/t2-;/m1./s1. The molecule has 0 aliphatic heterocycles. The molecular weight excluding hydrogens is 202 g/mol. The molecule has 7 nitrogen and oxygen atoms in total. The zero-order valence-corrected chi connectivity index (χ0v) is 9.14. The zero-order chi connectivity index (χ0) is 9.07. The van der Waals surface area contributed by atoms with Gasteiger partial charge in [0.15, 0.2) is 6.10 Å². The smallest absolute Gasteiger partial charge is 0.469 e. The largest absolute Gasteiger partial charge is 0.479 e. The van der Waals surface area contributed by atoms with Crippen molar-refractivity contribution in [1.29, 1.82) is 0 Å². The summed E-state index contributed by atoms with van der Waals surface area (Å²) in [6.07, 6.45) is -1.91. The average molecular weight is 209 g/mol. The Labute approximate surface area is 89.9 Å². The number of phosphoric ester groups is 1. The van der Waals surface area contributed by atoms with E-state index in [2.05, 4.69) is 4.52 Å². The Morgan fingerprint density at radius 2 is 1.92 bits per heavy atom. The summed E-state index contributed by atoms with van der Waals surface area (Å²) in [4.78, 5) is 25.9. The molecule has 0 rings (SSSR count). The quantitative estimate of drug-likeness (QED) is 0.316. The third-order valence-electron chi connectivity index (χ3n) is 0.686. The van der Waals surface area contributed by atoms with E-state index in [0.717, 1.165) is 0 Å². The molecule has 4 N–H and O–H groups in total. The molecule has 0 unspecified atom stereocenters. The van der Waals surface area contributed by atoms with E-state index in [1.165, 1.54) is 0 Å². The topological polar surface area (TPSA) is 124 Å². The predicted octanol–water partition coefficient (Wildman–Crippen LogP) is -1.84. The molecule has 0 saturated heterocycles. The summed E-state index contributed by atoms with van der Waals surface area (Å²) in [5.74, 6) is -1.60. The molecule has 0 amide bonds. The van der Waals surface area contributed by atoms with Crippen LogP contribution in [0, 0.1) is 0 Å². The fourth-order valence-electron chi connectivity index (χ4n) is 0.239. The van der Waals surface area contributed by atoms with Crippen LogP contribution in [0.15, 0.2) is 0 Å². The Bertz CT molecular complexity index is 187. The first-order valence-corrected chi connectivity index (χ1v) is 3.97. The second-order valence-corrected chi connectivity index (χ2v) is 2.88. The number of aliphatic carboxylic acids is 1. The molecule has 12 heavy (non-hydrogen) atoms. The Morgan fingerprint density at radius 3 is 2.17 bits per heavy atom. The van der Waals surface area contributed by atoms with Crippen molar-refractivity contribution >= 4 is 43.3 Å². The van der Waals surface area contributed by atoms with Crippen LogP contribution in [0.3, 0.4) is 0 Å². The first-order chi connectivity index (χ1) is 4.83. The molecule has 0 saturated carbocycles. The van der Waals surface area contributed by atoms with Gasteiger partial charge < -0.3 is 20.0 Å². The van der Waals surface area contributed by atoms with Crippen LogP contribution in [0.1, 0.15) is 0 Å². The maximum Gasteiger partial charge on any atom is 0.469 e. The van der Waals surface area contributed by atoms with Crippen molar-refractivity contribution in [3.05, 3.63) is 0 Å². The molecular formula is C3H7NaO7P. The third kappa shape index (κ3) is 8.63. The maximum atomic E-state index is 9.93. The van der Waals surface area contributed by atoms with Crippen molar-refractivity contribution in [2.24, 2.45) is 0 Å². The van der Waals surface area contributed by atoms with Gasteiger partial charge in [0.2, 0.25) is 0 Å². The van der Waals surface area contributed by atoms with Crippen molar-refractivity contribution in [2.45, 2.75) is 6.10 Å². The van der Waals surface area contributed by atoms with Crippen LogP contribution >= 0.6 is 7.82 Å². The molecule has 0 aromatic rings. The molecule has 1 atom stereocenters. The number of hydrogen-bond acceptors (Lipinski definition) is 4. The average Bonchev–Trinajstić information content (AvgIpc) is 1.80. The molecule has 0 heterocycles. The Hall–Kier alpha value is 0.540. The maximum absolute atomic E-state index is 9.93. The van der Waals surface area contributed by atoms with Gasteiger partial charge in [-0.05, 0) is 0 Å². The van der Waals surface area contributed by atoms with Gasteiger partial charge in [-0.3, -0.25) is 4.52 Å². The summed E-state index contributed by atoms with van der Waals surface area (Å²) in [6, 6.07) is 0. The van der Waals surface area contributed by atoms with Crippen LogP contribution < -0.4 is 0 Å². The Kier molecular flexibility index (Phi) is 7.60. The van der Waals surface area contributed by atoms with Gasteiger partial charge in [-0.2, -0.15) is 0 Å². The summed E-state index contributed by atoms with van der Waals surface area (Å²) in [7, 11) is -4.68. The third-order valence-corrected chi connectivity index (χ3v) is 1.17. The van der Waals surface area contributed by atoms with Crippen LogP contribution in [0.25, 0.3) is 0 Å². The van der Waals surface area contributed by atoms with E-state index >= 15 is 0 Å². The van der Waals surface area contributed by atoms with E-state index in [-0.39, 0.29) is 29.6 Å². The minimum atomic E-state index is -4.68. The van der Waals surface area contributed by atoms with E-state index < -0.39 is 26.5 Å². The molecule has 0 fully saturated rings. The normalized spacial score (nSPS) is 13.2. The summed E-state index contributed by atoms with van der Waals surface area (Å²) < 4.78 is 13.6. The van der Waals surface area contributed by atoms with Crippen LogP contribution in [-0.2, 0) is 13.9 Å². The van der Waals surface area contributed by atoms with Gasteiger partial charge in [0.05, 0.1) is 6.61 Å². The van der Waals surface area contributed by atoms with Gasteiger partial charge in [-0.25, -0.2) is 9.36 Å². The zero-order valence-electron chi connectivity index (χ0n) is 6.25. The number of carboxylic acids is 1.